The average molecular weight is 431 g/mol. The average Bonchev–Trinajstić information content (AvgIpc) is 3.08. The Balaban J connectivity index is 1.54. The summed E-state index contributed by atoms with van der Waals surface area (Å²) in [6.07, 6.45) is 0.0857. The van der Waals surface area contributed by atoms with E-state index in [0.717, 1.165) is 12.1 Å². The number of amides is 2. The quantitative estimate of drug-likeness (QED) is 0.623. The van der Waals surface area contributed by atoms with Crippen LogP contribution in [0.25, 0.3) is 22.2 Å². The van der Waals surface area contributed by atoms with E-state index in [1.54, 1.807) is 22.9 Å². The number of carbonyl (C=O) groups is 2. The highest BCUT2D eigenvalue weighted by molar-refractivity contribution is 5.83. The van der Waals surface area contributed by atoms with Gasteiger partial charge < -0.3 is 9.80 Å². The lowest BCUT2D eigenvalue weighted by Gasteiger charge is -2.43. The number of hydrogen-bond donors (Lipinski definition) is 0. The summed E-state index contributed by atoms with van der Waals surface area (Å²) in [5, 5.41) is 4.22. The molecule has 1 saturated heterocycles. The number of rotatable bonds is 5. The number of nitrogens with zero attached hydrogens (tertiary/aromatic N) is 5. The second-order valence-corrected chi connectivity index (χ2v) is 7.55. The van der Waals surface area contributed by atoms with Crippen molar-refractivity contribution in [3.63, 3.8) is 0 Å². The van der Waals surface area contributed by atoms with Crippen molar-refractivity contribution in [3.8, 4) is 11.1 Å². The van der Waals surface area contributed by atoms with Crippen LogP contribution in [0.5, 0.6) is 0 Å². The maximum absolute atomic E-state index is 13.6. The molecular weight excluding hydrogens is 411 g/mol. The van der Waals surface area contributed by atoms with Gasteiger partial charge in [-0.3, -0.25) is 19.3 Å². The molecule has 1 fully saturated rings. The number of likely N-dealkylation sites (N-methyl/N-ethyl adjacent to an activating group) is 1. The molecule has 0 aliphatic carbocycles. The first-order valence-electron chi connectivity index (χ1n) is 9.65. The number of hydrogen-bond acceptors (Lipinski definition) is 4. The molecule has 2 amide bonds. The minimum absolute atomic E-state index is 0.00610. The number of carbonyl (C=O) groups excluding carboxylic acids is 2. The molecule has 0 radical (unpaired) electrons. The largest absolute Gasteiger partial charge is 0.339 e. The lowest BCUT2D eigenvalue weighted by molar-refractivity contribution is -0.144. The molecule has 2 aromatic heterocycles. The molecule has 4 rings (SSSR count). The van der Waals surface area contributed by atoms with Gasteiger partial charge in [-0.15, -0.1) is 0 Å². The summed E-state index contributed by atoms with van der Waals surface area (Å²) < 4.78 is 41.2. The van der Waals surface area contributed by atoms with Crippen molar-refractivity contribution in [1.29, 1.82) is 0 Å². The molecular formula is C21H20F3N5O2. The Hall–Kier alpha value is -3.43. The number of fused-ring (bicyclic) bond motifs is 1. The molecule has 0 saturated carbocycles. The number of pyridine rings is 1. The SMILES string of the molecule is CC(=O)N(C)C1CN(C(=O)Cn2ncc3ncc(-c4ccc(F)c(C(F)F)c4)cc32)C1. The molecule has 0 bridgehead atoms. The summed E-state index contributed by atoms with van der Waals surface area (Å²) in [6, 6.07) is 5.20. The van der Waals surface area contributed by atoms with E-state index in [1.807, 2.05) is 0 Å². The molecule has 31 heavy (non-hydrogen) atoms. The van der Waals surface area contributed by atoms with Gasteiger partial charge in [0.15, 0.2) is 0 Å². The van der Waals surface area contributed by atoms with Gasteiger partial charge in [0.2, 0.25) is 11.8 Å². The number of alkyl halides is 2. The summed E-state index contributed by atoms with van der Waals surface area (Å²) in [4.78, 5) is 31.6. The highest BCUT2D eigenvalue weighted by Crippen LogP contribution is 2.29. The molecule has 3 aromatic rings. The highest BCUT2D eigenvalue weighted by atomic mass is 19.3. The minimum atomic E-state index is -2.93. The van der Waals surface area contributed by atoms with Crippen molar-refractivity contribution < 1.29 is 22.8 Å². The molecule has 1 aliphatic rings. The van der Waals surface area contributed by atoms with Gasteiger partial charge in [-0.2, -0.15) is 5.10 Å². The van der Waals surface area contributed by atoms with Crippen LogP contribution in [0.4, 0.5) is 13.2 Å². The third kappa shape index (κ3) is 3.97. The van der Waals surface area contributed by atoms with Gasteiger partial charge in [-0.1, -0.05) is 6.07 Å². The highest BCUT2D eigenvalue weighted by Gasteiger charge is 2.34. The number of likely N-dealkylation sites (tertiary alicyclic amines) is 1. The fourth-order valence-electron chi connectivity index (χ4n) is 3.52. The number of halogens is 3. The maximum Gasteiger partial charge on any atom is 0.266 e. The van der Waals surface area contributed by atoms with Crippen LogP contribution >= 0.6 is 0 Å². The van der Waals surface area contributed by atoms with E-state index in [2.05, 4.69) is 10.1 Å². The Morgan fingerprint density at radius 1 is 1.19 bits per heavy atom. The summed E-state index contributed by atoms with van der Waals surface area (Å²) in [6.45, 7) is 2.39. The van der Waals surface area contributed by atoms with E-state index >= 15 is 0 Å². The summed E-state index contributed by atoms with van der Waals surface area (Å²) in [7, 11) is 1.71. The molecule has 7 nitrogen and oxygen atoms in total. The van der Waals surface area contributed by atoms with E-state index in [0.29, 0.717) is 35.2 Å². The fourth-order valence-corrected chi connectivity index (χ4v) is 3.52. The predicted octanol–water partition coefficient (Wildman–Crippen LogP) is 2.86. The zero-order chi connectivity index (χ0) is 22.3. The van der Waals surface area contributed by atoms with Gasteiger partial charge in [0.1, 0.15) is 17.9 Å². The van der Waals surface area contributed by atoms with Crippen LogP contribution < -0.4 is 0 Å². The van der Waals surface area contributed by atoms with E-state index in [4.69, 9.17) is 0 Å². The molecule has 1 aromatic carbocycles. The lowest BCUT2D eigenvalue weighted by atomic mass is 10.0. The van der Waals surface area contributed by atoms with E-state index in [-0.39, 0.29) is 24.4 Å². The Morgan fingerprint density at radius 3 is 2.61 bits per heavy atom. The molecule has 10 heteroatoms. The smallest absolute Gasteiger partial charge is 0.266 e. The van der Waals surface area contributed by atoms with E-state index in [9.17, 15) is 22.8 Å². The Kier molecular flexibility index (Phi) is 5.38. The standard InChI is InChI=1S/C21H20F3N5O2/c1-12(30)27(2)15-9-28(10-15)20(31)11-29-19-6-14(7-25-18(19)8-26-29)13-3-4-17(22)16(5-13)21(23)24/h3-8,15,21H,9-11H2,1-2H3. The third-order valence-electron chi connectivity index (χ3n) is 5.60. The zero-order valence-corrected chi connectivity index (χ0v) is 16.9. The zero-order valence-electron chi connectivity index (χ0n) is 16.9. The minimum Gasteiger partial charge on any atom is -0.339 e. The first-order valence-corrected chi connectivity index (χ1v) is 9.65. The topological polar surface area (TPSA) is 71.3 Å². The van der Waals surface area contributed by atoms with E-state index < -0.39 is 17.8 Å². The van der Waals surface area contributed by atoms with Crippen LogP contribution in [0.15, 0.2) is 36.7 Å². The molecule has 3 heterocycles. The predicted molar refractivity (Wildman–Crippen MR) is 107 cm³/mol. The second kappa shape index (κ2) is 8.01. The molecule has 162 valence electrons. The summed E-state index contributed by atoms with van der Waals surface area (Å²) >= 11 is 0. The molecule has 1 aliphatic heterocycles. The Morgan fingerprint density at radius 2 is 1.94 bits per heavy atom. The van der Waals surface area contributed by atoms with Crippen LogP contribution in [-0.4, -0.2) is 62.6 Å². The lowest BCUT2D eigenvalue weighted by Crippen LogP contribution is -2.61. The molecule has 0 atom stereocenters. The molecule has 0 N–H and O–H groups in total. The van der Waals surface area contributed by atoms with Crippen molar-refractivity contribution in [1.82, 2.24) is 24.6 Å². The fraction of sp³-hybridized carbons (Fsp3) is 0.333. The maximum atomic E-state index is 13.6. The molecule has 0 spiro atoms. The van der Waals surface area contributed by atoms with Crippen molar-refractivity contribution in [2.45, 2.75) is 25.9 Å². The van der Waals surface area contributed by atoms with Crippen molar-refractivity contribution in [2.24, 2.45) is 0 Å². The van der Waals surface area contributed by atoms with Gasteiger partial charge in [0.25, 0.3) is 6.43 Å². The normalized spacial score (nSPS) is 14.2. The van der Waals surface area contributed by atoms with Gasteiger partial charge in [-0.25, -0.2) is 13.2 Å². The first kappa shape index (κ1) is 20.8. The monoisotopic (exact) mass is 431 g/mol. The van der Waals surface area contributed by atoms with Crippen molar-refractivity contribution in [3.05, 3.63) is 48.0 Å². The van der Waals surface area contributed by atoms with Crippen LogP contribution in [0.1, 0.15) is 18.9 Å². The van der Waals surface area contributed by atoms with Crippen LogP contribution in [0, 0.1) is 5.82 Å². The second-order valence-electron chi connectivity index (χ2n) is 7.55. The first-order chi connectivity index (χ1) is 14.7. The van der Waals surface area contributed by atoms with Crippen LogP contribution in [0.3, 0.4) is 0 Å². The van der Waals surface area contributed by atoms with E-state index in [1.165, 1.54) is 30.1 Å². The Labute approximate surface area is 176 Å². The van der Waals surface area contributed by atoms with Crippen molar-refractivity contribution in [2.75, 3.05) is 20.1 Å². The van der Waals surface area contributed by atoms with Crippen LogP contribution in [0.2, 0.25) is 0 Å². The third-order valence-corrected chi connectivity index (χ3v) is 5.60. The number of benzene rings is 1. The van der Waals surface area contributed by atoms with Gasteiger partial charge >= 0.3 is 0 Å². The summed E-state index contributed by atoms with van der Waals surface area (Å²) in [5.74, 6) is -1.17. The molecule has 0 unspecified atom stereocenters. The summed E-state index contributed by atoms with van der Waals surface area (Å²) in [5.41, 5.74) is 1.33. The Bertz CT molecular complexity index is 1160. The number of aromatic nitrogens is 3. The van der Waals surface area contributed by atoms with Gasteiger partial charge in [-0.05, 0) is 23.8 Å². The van der Waals surface area contributed by atoms with Crippen molar-refractivity contribution >= 4 is 22.8 Å². The van der Waals surface area contributed by atoms with Crippen LogP contribution in [-0.2, 0) is 16.1 Å². The van der Waals surface area contributed by atoms with Gasteiger partial charge in [0, 0.05) is 38.8 Å². The van der Waals surface area contributed by atoms with Gasteiger partial charge in [0.05, 0.1) is 23.3 Å².